The summed E-state index contributed by atoms with van der Waals surface area (Å²) in [5, 5.41) is 6.11. The van der Waals surface area contributed by atoms with E-state index < -0.39 is 0 Å². The van der Waals surface area contributed by atoms with Gasteiger partial charge in [0.05, 0.1) is 0 Å². The molecule has 114 valence electrons. The van der Waals surface area contributed by atoms with Crippen LogP contribution in [0, 0.1) is 5.82 Å². The Morgan fingerprint density at radius 1 is 1.29 bits per heavy atom. The zero-order chi connectivity index (χ0) is 14.7. The summed E-state index contributed by atoms with van der Waals surface area (Å²) in [5.41, 5.74) is 0.756. The highest BCUT2D eigenvalue weighted by atomic mass is 19.1. The van der Waals surface area contributed by atoms with Crippen LogP contribution in [0.5, 0.6) is 5.75 Å². The molecule has 0 spiro atoms. The molecule has 2 aliphatic rings. The van der Waals surface area contributed by atoms with Crippen LogP contribution in [0.1, 0.15) is 37.2 Å². The normalized spacial score (nSPS) is 19.3. The van der Waals surface area contributed by atoms with Crippen molar-refractivity contribution in [3.05, 3.63) is 29.6 Å². The third kappa shape index (κ3) is 3.94. The van der Waals surface area contributed by atoms with Gasteiger partial charge >= 0.3 is 0 Å². The minimum atomic E-state index is -0.234. The third-order valence-corrected chi connectivity index (χ3v) is 4.06. The second kappa shape index (κ2) is 6.43. The van der Waals surface area contributed by atoms with Gasteiger partial charge in [0, 0.05) is 12.1 Å². The van der Waals surface area contributed by atoms with Gasteiger partial charge in [-0.1, -0.05) is 6.07 Å². The van der Waals surface area contributed by atoms with E-state index >= 15 is 0 Å². The lowest BCUT2D eigenvalue weighted by molar-refractivity contribution is -0.123. The lowest BCUT2D eigenvalue weighted by Crippen LogP contribution is -2.30. The topological polar surface area (TPSA) is 50.4 Å². The molecule has 4 nitrogen and oxygen atoms in total. The van der Waals surface area contributed by atoms with Crippen molar-refractivity contribution in [2.24, 2.45) is 0 Å². The first-order chi connectivity index (χ1) is 10.2. The molecule has 0 aromatic heterocycles. The molecule has 3 rings (SSSR count). The lowest BCUT2D eigenvalue weighted by Gasteiger charge is -2.23. The van der Waals surface area contributed by atoms with Crippen LogP contribution in [0.3, 0.4) is 0 Å². The zero-order valence-corrected chi connectivity index (χ0v) is 12.0. The first kappa shape index (κ1) is 14.3. The van der Waals surface area contributed by atoms with Gasteiger partial charge in [0.1, 0.15) is 11.6 Å². The minimum Gasteiger partial charge on any atom is -0.484 e. The van der Waals surface area contributed by atoms with Crippen LogP contribution in [0.25, 0.3) is 0 Å². The highest BCUT2D eigenvalue weighted by molar-refractivity contribution is 5.78. The van der Waals surface area contributed by atoms with Crippen LogP contribution in [0.2, 0.25) is 0 Å². The molecule has 1 aromatic rings. The summed E-state index contributed by atoms with van der Waals surface area (Å²) in [4.78, 5) is 11.5. The molecule has 5 heteroatoms. The molecule has 0 atom stereocenters. The molecule has 21 heavy (non-hydrogen) atoms. The number of piperidine rings is 1. The number of carbonyl (C=O) groups excluding carboxylic acids is 1. The van der Waals surface area contributed by atoms with Crippen molar-refractivity contribution in [3.8, 4) is 5.75 Å². The monoisotopic (exact) mass is 292 g/mol. The number of amides is 1. The van der Waals surface area contributed by atoms with Crippen LogP contribution in [0.4, 0.5) is 4.39 Å². The van der Waals surface area contributed by atoms with Crippen molar-refractivity contribution in [3.63, 3.8) is 0 Å². The van der Waals surface area contributed by atoms with Gasteiger partial charge in [0.15, 0.2) is 6.61 Å². The van der Waals surface area contributed by atoms with Gasteiger partial charge in [-0.3, -0.25) is 4.79 Å². The molecule has 1 saturated heterocycles. The number of hydrogen-bond acceptors (Lipinski definition) is 3. The molecule has 1 aliphatic heterocycles. The third-order valence-electron chi connectivity index (χ3n) is 4.06. The number of rotatable bonds is 5. The predicted octanol–water partition coefficient (Wildman–Crippen LogP) is 1.95. The Morgan fingerprint density at radius 2 is 2.05 bits per heavy atom. The molecule has 0 bridgehead atoms. The summed E-state index contributed by atoms with van der Waals surface area (Å²) in [7, 11) is 0. The Labute approximate surface area is 124 Å². The predicted molar refractivity (Wildman–Crippen MR) is 77.9 cm³/mol. The Hall–Kier alpha value is -1.62. The first-order valence-corrected chi connectivity index (χ1v) is 7.64. The lowest BCUT2D eigenvalue weighted by atomic mass is 9.90. The van der Waals surface area contributed by atoms with E-state index in [9.17, 15) is 9.18 Å². The maximum absolute atomic E-state index is 14.2. The van der Waals surface area contributed by atoms with E-state index in [1.54, 1.807) is 12.1 Å². The van der Waals surface area contributed by atoms with Gasteiger partial charge in [-0.25, -0.2) is 4.39 Å². The number of nitrogens with one attached hydrogen (secondary N) is 2. The SMILES string of the molecule is O=C(COc1ccc(C2CCNCC2)c(F)c1)NC1CC1. The van der Waals surface area contributed by atoms with Gasteiger partial charge in [0.2, 0.25) is 0 Å². The molecule has 1 aliphatic carbocycles. The van der Waals surface area contributed by atoms with Crippen molar-refractivity contribution >= 4 is 5.91 Å². The van der Waals surface area contributed by atoms with E-state index in [-0.39, 0.29) is 24.2 Å². The van der Waals surface area contributed by atoms with Crippen LogP contribution in [-0.2, 0) is 4.79 Å². The Bertz CT molecular complexity index is 511. The fraction of sp³-hybridized carbons (Fsp3) is 0.562. The summed E-state index contributed by atoms with van der Waals surface area (Å²) < 4.78 is 19.5. The van der Waals surface area contributed by atoms with Crippen molar-refractivity contribution in [1.82, 2.24) is 10.6 Å². The molecular weight excluding hydrogens is 271 g/mol. The molecule has 0 radical (unpaired) electrons. The van der Waals surface area contributed by atoms with Crippen LogP contribution < -0.4 is 15.4 Å². The Kier molecular flexibility index (Phi) is 4.39. The van der Waals surface area contributed by atoms with Gasteiger partial charge in [-0.05, 0) is 56.3 Å². The van der Waals surface area contributed by atoms with Crippen molar-refractivity contribution in [2.45, 2.75) is 37.6 Å². The highest BCUT2D eigenvalue weighted by Crippen LogP contribution is 2.29. The number of hydrogen-bond donors (Lipinski definition) is 2. The largest absolute Gasteiger partial charge is 0.484 e. The van der Waals surface area contributed by atoms with E-state index in [1.807, 2.05) is 0 Å². The standard InChI is InChI=1S/C16H21FN2O2/c17-15-9-13(21-10-16(20)19-12-1-2-12)3-4-14(15)11-5-7-18-8-6-11/h3-4,9,11-12,18H,1-2,5-8,10H2,(H,19,20). The van der Waals surface area contributed by atoms with E-state index in [2.05, 4.69) is 10.6 Å². The van der Waals surface area contributed by atoms with Gasteiger partial charge in [-0.2, -0.15) is 0 Å². The van der Waals surface area contributed by atoms with Crippen molar-refractivity contribution in [1.29, 1.82) is 0 Å². The van der Waals surface area contributed by atoms with E-state index in [0.717, 1.165) is 44.3 Å². The van der Waals surface area contributed by atoms with Gasteiger partial charge in [0.25, 0.3) is 5.91 Å². The van der Waals surface area contributed by atoms with Crippen LogP contribution in [-0.4, -0.2) is 31.6 Å². The summed E-state index contributed by atoms with van der Waals surface area (Å²) in [5.74, 6) is 0.317. The van der Waals surface area contributed by atoms with Crippen molar-refractivity contribution < 1.29 is 13.9 Å². The number of ether oxygens (including phenoxy) is 1. The average molecular weight is 292 g/mol. The molecule has 1 heterocycles. The maximum Gasteiger partial charge on any atom is 0.258 e. The highest BCUT2D eigenvalue weighted by Gasteiger charge is 2.23. The summed E-state index contributed by atoms with van der Waals surface area (Å²) in [6.07, 6.45) is 4.01. The number of benzene rings is 1. The Balaban J connectivity index is 1.56. The van der Waals surface area contributed by atoms with E-state index in [4.69, 9.17) is 4.74 Å². The minimum absolute atomic E-state index is 0.0529. The van der Waals surface area contributed by atoms with Gasteiger partial charge < -0.3 is 15.4 Å². The number of carbonyl (C=O) groups is 1. The fourth-order valence-corrected chi connectivity index (χ4v) is 2.71. The number of halogens is 1. The summed E-state index contributed by atoms with van der Waals surface area (Å²) in [6.45, 7) is 1.82. The van der Waals surface area contributed by atoms with Gasteiger partial charge in [-0.15, -0.1) is 0 Å². The van der Waals surface area contributed by atoms with E-state index in [1.165, 1.54) is 6.07 Å². The van der Waals surface area contributed by atoms with Crippen LogP contribution in [0.15, 0.2) is 18.2 Å². The fourth-order valence-electron chi connectivity index (χ4n) is 2.71. The molecule has 2 N–H and O–H groups in total. The first-order valence-electron chi connectivity index (χ1n) is 7.64. The summed E-state index contributed by atoms with van der Waals surface area (Å²) in [6, 6.07) is 5.26. The molecule has 0 unspecified atom stereocenters. The van der Waals surface area contributed by atoms with Crippen LogP contribution >= 0.6 is 0 Å². The molecule has 1 saturated carbocycles. The zero-order valence-electron chi connectivity index (χ0n) is 12.0. The quantitative estimate of drug-likeness (QED) is 0.872. The Morgan fingerprint density at radius 3 is 2.71 bits per heavy atom. The molecule has 2 fully saturated rings. The van der Waals surface area contributed by atoms with E-state index in [0.29, 0.717) is 11.8 Å². The van der Waals surface area contributed by atoms with Crippen molar-refractivity contribution in [2.75, 3.05) is 19.7 Å². The maximum atomic E-state index is 14.2. The average Bonchev–Trinajstić information content (AvgIpc) is 3.30. The molecule has 1 aromatic carbocycles. The molecule has 1 amide bonds. The molecular formula is C16H21FN2O2. The summed E-state index contributed by atoms with van der Waals surface area (Å²) >= 11 is 0. The second-order valence-corrected chi connectivity index (χ2v) is 5.84. The smallest absolute Gasteiger partial charge is 0.258 e. The second-order valence-electron chi connectivity index (χ2n) is 5.84.